The number of unbranched alkanes of at least 4 members (excludes halogenated alkanes) is 2. The predicted molar refractivity (Wildman–Crippen MR) is 260 cm³/mol. The second-order valence-corrected chi connectivity index (χ2v) is 18.2. The van der Waals surface area contributed by atoms with E-state index in [0.29, 0.717) is 63.9 Å². The van der Waals surface area contributed by atoms with Crippen molar-refractivity contribution in [2.75, 3.05) is 32.7 Å². The molecule has 8 rings (SSSR count). The van der Waals surface area contributed by atoms with Gasteiger partial charge in [0.05, 0.1) is 60.9 Å². The van der Waals surface area contributed by atoms with Crippen LogP contribution in [0.3, 0.4) is 0 Å². The highest BCUT2D eigenvalue weighted by atomic mass is 19.1. The van der Waals surface area contributed by atoms with Crippen LogP contribution in [0.15, 0.2) is 71.7 Å². The van der Waals surface area contributed by atoms with E-state index in [1.165, 1.54) is 22.8 Å². The van der Waals surface area contributed by atoms with Crippen molar-refractivity contribution in [2.45, 2.75) is 90.1 Å². The lowest BCUT2D eigenvalue weighted by atomic mass is 9.86. The Kier molecular flexibility index (Phi) is 15.8. The summed E-state index contributed by atoms with van der Waals surface area (Å²) in [7, 11) is 0. The highest BCUT2D eigenvalue weighted by molar-refractivity contribution is 6.12. The zero-order chi connectivity index (χ0) is 52.7. The molecular formula is C51H54FN11O11. The molecule has 0 radical (unpaired) electrons. The van der Waals surface area contributed by atoms with Crippen molar-refractivity contribution in [1.29, 1.82) is 0 Å². The van der Waals surface area contributed by atoms with Gasteiger partial charge in [0, 0.05) is 73.3 Å². The Balaban J connectivity index is 0.818. The van der Waals surface area contributed by atoms with Crippen LogP contribution >= 0.6 is 0 Å². The average Bonchev–Trinajstić information content (AvgIpc) is 4.11. The van der Waals surface area contributed by atoms with Gasteiger partial charge in [-0.3, -0.25) is 43.3 Å². The summed E-state index contributed by atoms with van der Waals surface area (Å²) < 4.78 is 23.3. The van der Waals surface area contributed by atoms with Crippen molar-refractivity contribution in [3.63, 3.8) is 0 Å². The van der Waals surface area contributed by atoms with Crippen molar-refractivity contribution >= 4 is 58.2 Å². The number of fused-ring (bicyclic) bond motifs is 5. The molecule has 0 saturated heterocycles. The Labute approximate surface area is 422 Å². The molecule has 0 aliphatic carbocycles. The van der Waals surface area contributed by atoms with Crippen LogP contribution in [0.4, 0.5) is 4.39 Å². The van der Waals surface area contributed by atoms with Crippen molar-refractivity contribution in [3.05, 3.63) is 122 Å². The third kappa shape index (κ3) is 11.6. The number of carbonyl (C=O) groups excluding carboxylic acids is 8. The van der Waals surface area contributed by atoms with E-state index in [4.69, 9.17) is 9.72 Å². The quantitative estimate of drug-likeness (QED) is 0.0305. The summed E-state index contributed by atoms with van der Waals surface area (Å²) in [6, 6.07) is 12.3. The van der Waals surface area contributed by atoms with Crippen LogP contribution in [0.1, 0.15) is 78.1 Å². The molecule has 74 heavy (non-hydrogen) atoms. The Morgan fingerprint density at radius 1 is 0.865 bits per heavy atom. The minimum atomic E-state index is -2.02. The largest absolute Gasteiger partial charge is 0.458 e. The molecule has 2 atom stereocenters. The second kappa shape index (κ2) is 22.5. The van der Waals surface area contributed by atoms with E-state index in [1.54, 1.807) is 67.2 Å². The highest BCUT2D eigenvalue weighted by Gasteiger charge is 2.45. The number of aliphatic hydroxyl groups is 1. The van der Waals surface area contributed by atoms with Gasteiger partial charge < -0.3 is 41.0 Å². The maximum Gasteiger partial charge on any atom is 0.343 e. The lowest BCUT2D eigenvalue weighted by Gasteiger charge is -2.31. The molecule has 0 bridgehead atoms. The van der Waals surface area contributed by atoms with Crippen molar-refractivity contribution in [2.24, 2.45) is 0 Å². The highest BCUT2D eigenvalue weighted by Crippen LogP contribution is 2.40. The first-order valence-electron chi connectivity index (χ1n) is 24.1. The van der Waals surface area contributed by atoms with E-state index in [9.17, 15) is 48.3 Å². The molecule has 23 heteroatoms. The van der Waals surface area contributed by atoms with Crippen LogP contribution in [0.2, 0.25) is 0 Å². The lowest BCUT2D eigenvalue weighted by Crippen LogP contribution is -2.52. The Morgan fingerprint density at radius 2 is 1.58 bits per heavy atom. The molecule has 6 heterocycles. The molecule has 7 amide bonds. The number of esters is 1. The number of hydrogen-bond donors (Lipinski definition) is 6. The number of nitrogens with zero attached hydrogens (tertiary/aromatic N) is 6. The molecule has 3 aliphatic rings. The number of nitrogens with one attached hydrogen (secondary N) is 5. The molecule has 3 aromatic heterocycles. The summed E-state index contributed by atoms with van der Waals surface area (Å²) in [4.78, 5) is 120. The summed E-state index contributed by atoms with van der Waals surface area (Å²) in [5.41, 5.74) is 1.94. The van der Waals surface area contributed by atoms with E-state index in [1.807, 2.05) is 0 Å². The summed E-state index contributed by atoms with van der Waals surface area (Å²) in [5, 5.41) is 33.3. The van der Waals surface area contributed by atoms with Gasteiger partial charge in [-0.1, -0.05) is 48.9 Å². The van der Waals surface area contributed by atoms with Gasteiger partial charge in [0.25, 0.3) is 17.4 Å². The van der Waals surface area contributed by atoms with Crippen LogP contribution in [-0.2, 0) is 81.2 Å². The Bertz CT molecular complexity index is 3150. The maximum atomic E-state index is 15.0. The maximum absolute atomic E-state index is 15.0. The number of benzene rings is 2. The third-order valence-corrected chi connectivity index (χ3v) is 13.1. The lowest BCUT2D eigenvalue weighted by molar-refractivity contribution is -0.172. The fourth-order valence-electron chi connectivity index (χ4n) is 9.04. The number of carbonyl (C=O) groups is 8. The summed E-state index contributed by atoms with van der Waals surface area (Å²) in [6.45, 7) is 2.27. The van der Waals surface area contributed by atoms with Crippen LogP contribution in [0, 0.1) is 12.7 Å². The molecule has 3 aliphatic heterocycles. The van der Waals surface area contributed by atoms with E-state index in [2.05, 4.69) is 36.9 Å². The van der Waals surface area contributed by atoms with E-state index in [-0.39, 0.29) is 93.9 Å². The first-order chi connectivity index (χ1) is 35.5. The number of pyridine rings is 2. The number of amides is 7. The van der Waals surface area contributed by atoms with Crippen LogP contribution in [-0.4, -0.2) is 121 Å². The smallest absolute Gasteiger partial charge is 0.343 e. The van der Waals surface area contributed by atoms with E-state index >= 15 is 4.39 Å². The van der Waals surface area contributed by atoms with Gasteiger partial charge >= 0.3 is 5.97 Å². The van der Waals surface area contributed by atoms with Gasteiger partial charge in [0.1, 0.15) is 18.5 Å². The molecule has 386 valence electrons. The number of halogens is 1. The first-order valence-corrected chi connectivity index (χ1v) is 24.1. The summed E-state index contributed by atoms with van der Waals surface area (Å²) in [6.07, 6.45) is 6.10. The molecule has 0 saturated carbocycles. The zero-order valence-corrected chi connectivity index (χ0v) is 40.6. The predicted octanol–water partition coefficient (Wildman–Crippen LogP) is 0.387. The first kappa shape index (κ1) is 51.9. The number of imide groups is 1. The Hall–Kier alpha value is -8.47. The molecule has 0 fully saturated rings. The number of aromatic nitrogens is 5. The van der Waals surface area contributed by atoms with Gasteiger partial charge in [-0.25, -0.2) is 18.9 Å². The fraction of sp³-hybridized carbons (Fsp3) is 0.373. The minimum absolute atomic E-state index is 0.0274. The van der Waals surface area contributed by atoms with Crippen molar-refractivity contribution in [3.8, 4) is 11.4 Å². The van der Waals surface area contributed by atoms with Gasteiger partial charge in [-0.05, 0) is 55.0 Å². The molecule has 5 aromatic rings. The summed E-state index contributed by atoms with van der Waals surface area (Å²) >= 11 is 0. The molecule has 22 nitrogen and oxygen atoms in total. The number of rotatable bonds is 22. The fourth-order valence-corrected chi connectivity index (χ4v) is 9.04. The number of hydrogen-bond acceptors (Lipinski definition) is 14. The van der Waals surface area contributed by atoms with E-state index < -0.39 is 65.7 Å². The van der Waals surface area contributed by atoms with Crippen molar-refractivity contribution in [1.82, 2.24) is 56.0 Å². The SMILES string of the molecule is CC[C@@]1(O)C(=O)OCc2c1cc1n(c2=O)Cc2c-1nc1cc(F)c(C)cc1c2Cn1cc(CCNC(=O)CNC(=O)[C@@H](Cc2ccccc2)NC(=O)CNC(=O)CNC(=O)CCCCCN2C(=O)C=CC2=O)nn1. The summed E-state index contributed by atoms with van der Waals surface area (Å²) in [5.74, 6) is -4.94. The average molecular weight is 1020 g/mol. The topological polar surface area (TPSA) is 295 Å². The van der Waals surface area contributed by atoms with E-state index in [0.717, 1.165) is 10.5 Å². The monoisotopic (exact) mass is 1020 g/mol. The van der Waals surface area contributed by atoms with Crippen LogP contribution in [0.5, 0.6) is 0 Å². The van der Waals surface area contributed by atoms with Gasteiger partial charge in [0.2, 0.25) is 29.5 Å². The molecule has 0 unspecified atom stereocenters. The molecular weight excluding hydrogens is 962 g/mol. The van der Waals surface area contributed by atoms with Gasteiger partial charge in [-0.15, -0.1) is 5.10 Å². The molecule has 6 N–H and O–H groups in total. The number of ether oxygens (including phenoxy) is 1. The standard InChI is InChI=1S/C51H54FN11O11/c1-3-51(73)36-20-40-47-34(27-63(40)49(71)35(36)28-74-50(51)72)33(32-18-29(2)37(52)21-38(32)58-47)26-61-25-31(59-60-61)15-16-53-42(65)23-56-48(70)39(19-30-10-6-4-7-11-30)57-44(67)24-55-43(66)22-54-41(64)12-8-5-9-17-62-45(68)13-14-46(62)69/h4,6-7,10-11,13-14,18,20-21,25,39,73H,3,5,8-9,12,15-17,19,22-24,26-28H2,1-2H3,(H,53,65)(H,54,64)(H,55,66)(H,56,70)(H,57,67)/t39-,51+/m1/s1. The Morgan fingerprint density at radius 3 is 2.34 bits per heavy atom. The van der Waals surface area contributed by atoms with Gasteiger partial charge in [-0.2, -0.15) is 0 Å². The number of aryl methyl sites for hydroxylation is 1. The third-order valence-electron chi connectivity index (χ3n) is 13.1. The second-order valence-electron chi connectivity index (χ2n) is 18.2. The normalized spacial score (nSPS) is 15.8. The molecule has 2 aromatic carbocycles. The van der Waals surface area contributed by atoms with Crippen LogP contribution in [0.25, 0.3) is 22.3 Å². The minimum Gasteiger partial charge on any atom is -0.458 e. The van der Waals surface area contributed by atoms with Gasteiger partial charge in [0.15, 0.2) is 5.60 Å². The van der Waals surface area contributed by atoms with Crippen molar-refractivity contribution < 1.29 is 52.6 Å². The van der Waals surface area contributed by atoms with Crippen LogP contribution < -0.4 is 32.1 Å². The molecule has 0 spiro atoms. The number of cyclic esters (lactones) is 1. The zero-order valence-electron chi connectivity index (χ0n) is 40.6.